The van der Waals surface area contributed by atoms with E-state index in [0.29, 0.717) is 28.8 Å². The first-order valence-corrected chi connectivity index (χ1v) is 10.2. The molecule has 0 spiro atoms. The van der Waals surface area contributed by atoms with Gasteiger partial charge in [0, 0.05) is 29.1 Å². The van der Waals surface area contributed by atoms with E-state index in [4.69, 9.17) is 4.98 Å². The summed E-state index contributed by atoms with van der Waals surface area (Å²) in [6.45, 7) is 0. The van der Waals surface area contributed by atoms with Crippen LogP contribution in [0, 0.1) is 0 Å². The van der Waals surface area contributed by atoms with Gasteiger partial charge in [-0.1, -0.05) is 42.5 Å². The van der Waals surface area contributed by atoms with Crippen molar-refractivity contribution in [1.29, 1.82) is 0 Å². The molecule has 2 aromatic heterocycles. The highest BCUT2D eigenvalue weighted by Crippen LogP contribution is 2.34. The van der Waals surface area contributed by atoms with Crippen LogP contribution in [-0.4, -0.2) is 20.4 Å². The largest absolute Gasteiger partial charge is 0.361 e. The van der Waals surface area contributed by atoms with Crippen molar-refractivity contribution in [3.05, 3.63) is 94.9 Å². The van der Waals surface area contributed by atoms with Crippen LogP contribution in [0.1, 0.15) is 11.6 Å². The van der Waals surface area contributed by atoms with Crippen molar-refractivity contribution in [3.63, 3.8) is 0 Å². The van der Waals surface area contributed by atoms with E-state index in [2.05, 4.69) is 10.3 Å². The van der Waals surface area contributed by atoms with Gasteiger partial charge in [-0.2, -0.15) is 0 Å². The molecule has 0 fully saturated rings. The number of rotatable bonds is 2. The van der Waals surface area contributed by atoms with Crippen LogP contribution < -0.4 is 10.9 Å². The number of hydrogen-bond donors (Lipinski definition) is 2. The number of benzene rings is 3. The van der Waals surface area contributed by atoms with E-state index >= 15 is 0 Å². The van der Waals surface area contributed by atoms with Gasteiger partial charge in [0.25, 0.3) is 5.56 Å². The standard InChI is InChI=1S/C25H18N4O2/c30-24-22(13-15-14-26-19-10-4-1-7-16(15)19)29-23(17-8-2-5-11-20(17)28-24)27-21-12-6-3-9-18(21)25(29)31/h1-12,14,22,26H,13H2,(H,28,30)/t22-/m0/s1. The van der Waals surface area contributed by atoms with Gasteiger partial charge in [0.15, 0.2) is 0 Å². The molecule has 3 aromatic carbocycles. The van der Waals surface area contributed by atoms with Crippen molar-refractivity contribution < 1.29 is 4.79 Å². The Morgan fingerprint density at radius 2 is 1.61 bits per heavy atom. The molecule has 1 atom stereocenters. The van der Waals surface area contributed by atoms with Crippen molar-refractivity contribution in [2.45, 2.75) is 12.5 Å². The first-order valence-electron chi connectivity index (χ1n) is 10.2. The Morgan fingerprint density at radius 1 is 0.871 bits per heavy atom. The summed E-state index contributed by atoms with van der Waals surface area (Å²) in [5.41, 5.74) is 3.78. The Bertz CT molecular complexity index is 1550. The van der Waals surface area contributed by atoms with Crippen LogP contribution in [0.15, 0.2) is 83.8 Å². The van der Waals surface area contributed by atoms with Gasteiger partial charge in [0.2, 0.25) is 5.91 Å². The number of carbonyl (C=O) groups is 1. The molecule has 6 heteroatoms. The third-order valence-corrected chi connectivity index (χ3v) is 5.94. The molecule has 5 aromatic rings. The predicted octanol–water partition coefficient (Wildman–Crippen LogP) is 4.28. The lowest BCUT2D eigenvalue weighted by Gasteiger charge is -2.19. The number of hydrogen-bond acceptors (Lipinski definition) is 3. The molecule has 1 amide bonds. The second kappa shape index (κ2) is 6.67. The minimum Gasteiger partial charge on any atom is -0.361 e. The average Bonchev–Trinajstić information content (AvgIpc) is 3.16. The summed E-state index contributed by atoms with van der Waals surface area (Å²) in [5, 5.41) is 4.56. The number of nitrogens with one attached hydrogen (secondary N) is 2. The van der Waals surface area contributed by atoms with Crippen LogP contribution in [0.3, 0.4) is 0 Å². The average molecular weight is 406 g/mol. The molecule has 0 saturated carbocycles. The maximum Gasteiger partial charge on any atom is 0.262 e. The fourth-order valence-electron chi connectivity index (χ4n) is 4.44. The van der Waals surface area contributed by atoms with Crippen LogP contribution in [-0.2, 0) is 11.2 Å². The summed E-state index contributed by atoms with van der Waals surface area (Å²) in [6.07, 6.45) is 2.28. The number of fused-ring (bicyclic) bond motifs is 5. The van der Waals surface area contributed by atoms with Gasteiger partial charge in [-0.3, -0.25) is 14.2 Å². The first-order chi connectivity index (χ1) is 15.2. The molecule has 0 radical (unpaired) electrons. The van der Waals surface area contributed by atoms with E-state index < -0.39 is 6.04 Å². The second-order valence-corrected chi connectivity index (χ2v) is 7.74. The number of para-hydroxylation sites is 3. The zero-order chi connectivity index (χ0) is 20.9. The van der Waals surface area contributed by atoms with E-state index in [1.54, 1.807) is 10.6 Å². The minimum atomic E-state index is -0.730. The summed E-state index contributed by atoms with van der Waals surface area (Å²) in [6, 6.07) is 22.0. The van der Waals surface area contributed by atoms with E-state index in [0.717, 1.165) is 22.0 Å². The van der Waals surface area contributed by atoms with Crippen molar-refractivity contribution in [2.75, 3.05) is 5.32 Å². The summed E-state index contributed by atoms with van der Waals surface area (Å²) in [7, 11) is 0. The lowest BCUT2D eigenvalue weighted by molar-refractivity contribution is -0.119. The van der Waals surface area contributed by atoms with Gasteiger partial charge >= 0.3 is 0 Å². The number of anilines is 1. The Labute approximate surface area is 177 Å². The topological polar surface area (TPSA) is 79.8 Å². The second-order valence-electron chi connectivity index (χ2n) is 7.74. The van der Waals surface area contributed by atoms with Gasteiger partial charge in [0.1, 0.15) is 11.9 Å². The smallest absolute Gasteiger partial charge is 0.262 e. The summed E-state index contributed by atoms with van der Waals surface area (Å²) in [5.74, 6) is 0.276. The Hall–Kier alpha value is -4.19. The molecule has 150 valence electrons. The molecule has 31 heavy (non-hydrogen) atoms. The van der Waals surface area contributed by atoms with Crippen LogP contribution in [0.25, 0.3) is 33.2 Å². The van der Waals surface area contributed by atoms with Gasteiger partial charge in [-0.25, -0.2) is 4.98 Å². The highest BCUT2D eigenvalue weighted by atomic mass is 16.2. The van der Waals surface area contributed by atoms with Crippen LogP contribution in [0.2, 0.25) is 0 Å². The van der Waals surface area contributed by atoms with Gasteiger partial charge < -0.3 is 10.3 Å². The summed E-state index contributed by atoms with van der Waals surface area (Å²) < 4.78 is 1.56. The molecule has 2 N–H and O–H groups in total. The van der Waals surface area contributed by atoms with Crippen molar-refractivity contribution in [2.24, 2.45) is 0 Å². The fourth-order valence-corrected chi connectivity index (χ4v) is 4.44. The molecular formula is C25H18N4O2. The quantitative estimate of drug-likeness (QED) is 0.459. The van der Waals surface area contributed by atoms with Gasteiger partial charge in [0.05, 0.1) is 16.6 Å². The Kier molecular flexibility index (Phi) is 3.80. The number of nitrogens with zero attached hydrogens (tertiary/aromatic N) is 2. The normalized spacial score (nSPS) is 15.4. The highest BCUT2D eigenvalue weighted by Gasteiger charge is 2.31. The van der Waals surface area contributed by atoms with Crippen LogP contribution >= 0.6 is 0 Å². The molecule has 1 aliphatic heterocycles. The third kappa shape index (κ3) is 2.69. The predicted molar refractivity (Wildman–Crippen MR) is 121 cm³/mol. The highest BCUT2D eigenvalue weighted by molar-refractivity contribution is 6.00. The molecule has 0 saturated heterocycles. The SMILES string of the molecule is O=C1Nc2ccccc2-c2nc3ccccc3c(=O)n2[C@H]1Cc1c[nH]c2ccccc12. The minimum absolute atomic E-state index is 0.211. The molecule has 0 aliphatic carbocycles. The first kappa shape index (κ1) is 17.7. The lowest BCUT2D eigenvalue weighted by Crippen LogP contribution is -2.34. The van der Waals surface area contributed by atoms with Gasteiger partial charge in [-0.05, 0) is 35.9 Å². The van der Waals surface area contributed by atoms with Crippen molar-refractivity contribution in [1.82, 2.24) is 14.5 Å². The monoisotopic (exact) mass is 406 g/mol. The number of aromatic amines is 1. The molecule has 6 nitrogen and oxygen atoms in total. The molecule has 3 heterocycles. The molecule has 1 aliphatic rings. The summed E-state index contributed by atoms with van der Waals surface area (Å²) in [4.78, 5) is 35.1. The van der Waals surface area contributed by atoms with E-state index in [1.807, 2.05) is 72.9 Å². The van der Waals surface area contributed by atoms with Gasteiger partial charge in [-0.15, -0.1) is 0 Å². The lowest BCUT2D eigenvalue weighted by atomic mass is 10.0. The van der Waals surface area contributed by atoms with E-state index in [1.165, 1.54) is 0 Å². The van der Waals surface area contributed by atoms with Crippen LogP contribution in [0.4, 0.5) is 5.69 Å². The zero-order valence-electron chi connectivity index (χ0n) is 16.5. The molecule has 0 bridgehead atoms. The number of H-pyrrole nitrogens is 1. The molecule has 6 rings (SSSR count). The third-order valence-electron chi connectivity index (χ3n) is 5.94. The number of amides is 1. The number of aromatic nitrogens is 3. The Morgan fingerprint density at radius 3 is 2.52 bits per heavy atom. The van der Waals surface area contributed by atoms with Crippen molar-refractivity contribution >= 4 is 33.4 Å². The fraction of sp³-hybridized carbons (Fsp3) is 0.0800. The maximum atomic E-state index is 13.6. The molecular weight excluding hydrogens is 388 g/mol. The van der Waals surface area contributed by atoms with E-state index in [-0.39, 0.29) is 11.5 Å². The summed E-state index contributed by atoms with van der Waals surface area (Å²) >= 11 is 0. The maximum absolute atomic E-state index is 13.6. The van der Waals surface area contributed by atoms with E-state index in [9.17, 15) is 9.59 Å². The van der Waals surface area contributed by atoms with Crippen LogP contribution in [0.5, 0.6) is 0 Å². The number of carbonyl (C=O) groups excluding carboxylic acids is 1. The zero-order valence-corrected chi connectivity index (χ0v) is 16.5. The molecule has 0 unspecified atom stereocenters. The van der Waals surface area contributed by atoms with Crippen molar-refractivity contribution in [3.8, 4) is 11.4 Å². The Balaban J connectivity index is 1.63.